The van der Waals surface area contributed by atoms with Gasteiger partial charge in [0.2, 0.25) is 0 Å². The number of ether oxygens (including phenoxy) is 1. The molecule has 0 spiro atoms. The molecule has 88 valence electrons. The lowest BCUT2D eigenvalue weighted by Gasteiger charge is -2.18. The Kier molecular flexibility index (Phi) is 3.06. The van der Waals surface area contributed by atoms with Crippen LogP contribution in [-0.4, -0.2) is 31.4 Å². The highest BCUT2D eigenvalue weighted by Crippen LogP contribution is 2.39. The highest BCUT2D eigenvalue weighted by atomic mass is 16.5. The topological polar surface area (TPSA) is 32.7 Å². The number of fused-ring (bicyclic) bond motifs is 1. The zero-order valence-corrected chi connectivity index (χ0v) is 10.1. The molecule has 0 radical (unpaired) electrons. The molecule has 0 amide bonds. The molecule has 1 aromatic rings. The summed E-state index contributed by atoms with van der Waals surface area (Å²) in [6.45, 7) is 5.87. The average Bonchev–Trinajstić information content (AvgIpc) is 2.66. The highest BCUT2D eigenvalue weighted by Gasteiger charge is 2.31. The lowest BCUT2D eigenvalue weighted by atomic mass is 9.96. The van der Waals surface area contributed by atoms with Gasteiger partial charge in [-0.1, -0.05) is 0 Å². The lowest BCUT2D eigenvalue weighted by molar-refractivity contribution is 0.167. The first-order valence-corrected chi connectivity index (χ1v) is 5.78. The summed E-state index contributed by atoms with van der Waals surface area (Å²) in [5.41, 5.74) is 2.44. The van der Waals surface area contributed by atoms with Crippen LogP contribution in [-0.2, 0) is 0 Å². The van der Waals surface area contributed by atoms with Gasteiger partial charge in [0.15, 0.2) is 0 Å². The molecule has 1 heterocycles. The Morgan fingerprint density at radius 3 is 2.88 bits per heavy atom. The molecule has 2 atom stereocenters. The van der Waals surface area contributed by atoms with Gasteiger partial charge in [-0.2, -0.15) is 0 Å². The van der Waals surface area contributed by atoms with Crippen molar-refractivity contribution in [2.75, 3.05) is 25.1 Å². The summed E-state index contributed by atoms with van der Waals surface area (Å²) in [5.74, 6) is 1.06. The zero-order chi connectivity index (χ0) is 11.7. The minimum absolute atomic E-state index is 0.199. The maximum Gasteiger partial charge on any atom is 0.119 e. The minimum Gasteiger partial charge on any atom is -0.497 e. The number of aliphatic hydroxyl groups is 1. The maximum absolute atomic E-state index is 9.81. The molecule has 0 saturated heterocycles. The largest absolute Gasteiger partial charge is 0.497 e. The molecule has 1 N–H and O–H groups in total. The number of anilines is 1. The first-order chi connectivity index (χ1) is 7.67. The monoisotopic (exact) mass is 221 g/mol. The molecule has 16 heavy (non-hydrogen) atoms. The van der Waals surface area contributed by atoms with Crippen LogP contribution in [0, 0.1) is 0 Å². The number of aliphatic hydroxyl groups excluding tert-OH is 1. The molecule has 3 nitrogen and oxygen atoms in total. The van der Waals surface area contributed by atoms with E-state index in [2.05, 4.69) is 17.9 Å². The molecule has 1 aromatic carbocycles. The Hall–Kier alpha value is -1.22. The average molecular weight is 221 g/mol. The van der Waals surface area contributed by atoms with E-state index in [0.29, 0.717) is 0 Å². The van der Waals surface area contributed by atoms with E-state index < -0.39 is 0 Å². The van der Waals surface area contributed by atoms with E-state index >= 15 is 0 Å². The van der Waals surface area contributed by atoms with Crippen molar-refractivity contribution in [3.8, 4) is 5.75 Å². The first kappa shape index (κ1) is 11.3. The van der Waals surface area contributed by atoms with Gasteiger partial charge in [0.1, 0.15) is 5.75 Å². The van der Waals surface area contributed by atoms with Crippen LogP contribution in [0.3, 0.4) is 0 Å². The number of hydrogen-bond acceptors (Lipinski definition) is 3. The van der Waals surface area contributed by atoms with E-state index in [9.17, 15) is 5.11 Å². The van der Waals surface area contributed by atoms with E-state index in [1.807, 2.05) is 19.1 Å². The number of likely N-dealkylation sites (N-methyl/N-ethyl adjacent to an activating group) is 1. The standard InChI is InChI=1S/C13H19NO2/c1-4-14-8-12(9(2)15)11-7-10(16-3)5-6-13(11)14/h5-7,9,12,15H,4,8H2,1-3H3. The molecule has 0 fully saturated rings. The number of methoxy groups -OCH3 is 1. The predicted octanol–water partition coefficient (Wildman–Crippen LogP) is 2.00. The quantitative estimate of drug-likeness (QED) is 0.847. The second kappa shape index (κ2) is 4.34. The molecule has 2 rings (SSSR count). The van der Waals surface area contributed by atoms with Gasteiger partial charge in [-0.15, -0.1) is 0 Å². The van der Waals surface area contributed by atoms with Crippen LogP contribution in [0.4, 0.5) is 5.69 Å². The Bertz CT molecular complexity index is 376. The van der Waals surface area contributed by atoms with E-state index in [0.717, 1.165) is 18.8 Å². The fourth-order valence-corrected chi connectivity index (χ4v) is 2.39. The minimum atomic E-state index is -0.317. The second-order valence-electron chi connectivity index (χ2n) is 4.31. The molecular weight excluding hydrogens is 202 g/mol. The highest BCUT2D eigenvalue weighted by molar-refractivity contribution is 5.62. The van der Waals surface area contributed by atoms with Gasteiger partial charge in [-0.25, -0.2) is 0 Å². The zero-order valence-electron chi connectivity index (χ0n) is 10.1. The van der Waals surface area contributed by atoms with E-state index in [4.69, 9.17) is 4.74 Å². The summed E-state index contributed by atoms with van der Waals surface area (Å²) in [7, 11) is 1.67. The third-order valence-electron chi connectivity index (χ3n) is 3.36. The van der Waals surface area contributed by atoms with Crippen LogP contribution in [0.25, 0.3) is 0 Å². The number of hydrogen-bond donors (Lipinski definition) is 1. The Morgan fingerprint density at radius 1 is 1.56 bits per heavy atom. The Balaban J connectivity index is 2.41. The lowest BCUT2D eigenvalue weighted by Crippen LogP contribution is -2.25. The summed E-state index contributed by atoms with van der Waals surface area (Å²) in [6, 6.07) is 6.11. The molecule has 0 aromatic heterocycles. The van der Waals surface area contributed by atoms with Gasteiger partial charge in [0.05, 0.1) is 13.2 Å². The van der Waals surface area contributed by atoms with Gasteiger partial charge in [-0.05, 0) is 37.6 Å². The molecule has 1 aliphatic heterocycles. The number of nitrogens with zero attached hydrogens (tertiary/aromatic N) is 1. The van der Waals surface area contributed by atoms with Crippen molar-refractivity contribution in [2.24, 2.45) is 0 Å². The SMILES string of the molecule is CCN1CC(C(C)O)c2cc(OC)ccc21. The van der Waals surface area contributed by atoms with Crippen LogP contribution in [0.15, 0.2) is 18.2 Å². The fourth-order valence-electron chi connectivity index (χ4n) is 2.39. The summed E-state index contributed by atoms with van der Waals surface area (Å²) in [4.78, 5) is 2.30. The Morgan fingerprint density at radius 2 is 2.31 bits per heavy atom. The van der Waals surface area contributed by atoms with Crippen molar-refractivity contribution in [2.45, 2.75) is 25.9 Å². The van der Waals surface area contributed by atoms with E-state index in [1.165, 1.54) is 11.3 Å². The fraction of sp³-hybridized carbons (Fsp3) is 0.538. The van der Waals surface area contributed by atoms with Crippen LogP contribution in [0.2, 0.25) is 0 Å². The van der Waals surface area contributed by atoms with Crippen molar-refractivity contribution in [3.05, 3.63) is 23.8 Å². The smallest absolute Gasteiger partial charge is 0.119 e. The van der Waals surface area contributed by atoms with Gasteiger partial charge in [0, 0.05) is 24.7 Å². The number of rotatable bonds is 3. The number of benzene rings is 1. The predicted molar refractivity (Wildman–Crippen MR) is 65.3 cm³/mol. The molecule has 0 bridgehead atoms. The first-order valence-electron chi connectivity index (χ1n) is 5.78. The van der Waals surface area contributed by atoms with Crippen LogP contribution in [0.5, 0.6) is 5.75 Å². The molecule has 3 heteroatoms. The summed E-state index contributed by atoms with van der Waals surface area (Å²) in [6.07, 6.45) is -0.317. The molecular formula is C13H19NO2. The van der Waals surface area contributed by atoms with E-state index in [1.54, 1.807) is 7.11 Å². The van der Waals surface area contributed by atoms with Crippen molar-refractivity contribution in [1.82, 2.24) is 0 Å². The molecule has 0 aliphatic carbocycles. The van der Waals surface area contributed by atoms with Crippen LogP contribution in [0.1, 0.15) is 25.3 Å². The van der Waals surface area contributed by atoms with Gasteiger partial charge >= 0.3 is 0 Å². The maximum atomic E-state index is 9.81. The summed E-state index contributed by atoms with van der Waals surface area (Å²) in [5, 5.41) is 9.81. The summed E-state index contributed by atoms with van der Waals surface area (Å²) < 4.78 is 5.24. The van der Waals surface area contributed by atoms with Gasteiger partial charge in [0.25, 0.3) is 0 Å². The van der Waals surface area contributed by atoms with E-state index in [-0.39, 0.29) is 12.0 Å². The van der Waals surface area contributed by atoms with Crippen molar-refractivity contribution >= 4 is 5.69 Å². The van der Waals surface area contributed by atoms with Crippen LogP contribution >= 0.6 is 0 Å². The second-order valence-corrected chi connectivity index (χ2v) is 4.31. The third-order valence-corrected chi connectivity index (χ3v) is 3.36. The van der Waals surface area contributed by atoms with Crippen molar-refractivity contribution in [1.29, 1.82) is 0 Å². The third kappa shape index (κ3) is 1.76. The summed E-state index contributed by atoms with van der Waals surface area (Å²) >= 11 is 0. The van der Waals surface area contributed by atoms with Crippen molar-refractivity contribution < 1.29 is 9.84 Å². The normalized spacial score (nSPS) is 20.8. The Labute approximate surface area is 96.6 Å². The van der Waals surface area contributed by atoms with Crippen LogP contribution < -0.4 is 9.64 Å². The van der Waals surface area contributed by atoms with Crippen molar-refractivity contribution in [3.63, 3.8) is 0 Å². The molecule has 0 saturated carbocycles. The van der Waals surface area contributed by atoms with Gasteiger partial charge in [-0.3, -0.25) is 0 Å². The molecule has 1 aliphatic rings. The molecule has 2 unspecified atom stereocenters. The van der Waals surface area contributed by atoms with Gasteiger partial charge < -0.3 is 14.7 Å².